The Morgan fingerprint density at radius 3 is 2.32 bits per heavy atom. The minimum absolute atomic E-state index is 0.108. The van der Waals surface area contributed by atoms with Gasteiger partial charge in [-0.25, -0.2) is 0 Å². The maximum absolute atomic E-state index is 11.4. The summed E-state index contributed by atoms with van der Waals surface area (Å²) in [7, 11) is 0. The molecule has 19 heavy (non-hydrogen) atoms. The van der Waals surface area contributed by atoms with Crippen LogP contribution < -0.4 is 5.73 Å². The van der Waals surface area contributed by atoms with Gasteiger partial charge in [-0.05, 0) is 22.1 Å². The fourth-order valence-electron chi connectivity index (χ4n) is 2.09. The second kappa shape index (κ2) is 4.85. The molecule has 0 bridgehead atoms. The van der Waals surface area contributed by atoms with Gasteiger partial charge in [0.15, 0.2) is 0 Å². The fourth-order valence-corrected chi connectivity index (χ4v) is 3.05. The van der Waals surface area contributed by atoms with Crippen molar-refractivity contribution < 1.29 is 4.79 Å². The molecule has 1 aliphatic heterocycles. The van der Waals surface area contributed by atoms with E-state index in [-0.39, 0.29) is 10.5 Å². The average molecular weight is 274 g/mol. The number of rotatable bonds is 2. The van der Waals surface area contributed by atoms with E-state index in [1.54, 1.807) is 0 Å². The summed E-state index contributed by atoms with van der Waals surface area (Å²) < 4.78 is 0. The van der Waals surface area contributed by atoms with Crippen LogP contribution in [0, 0.1) is 5.41 Å². The summed E-state index contributed by atoms with van der Waals surface area (Å²) in [4.78, 5) is 11.4. The largest absolute Gasteiger partial charge is 0.366 e. The first-order valence-electron chi connectivity index (χ1n) is 6.16. The molecule has 100 valence electrons. The molecule has 2 rings (SSSR count). The Bertz CT molecular complexity index is 565. The number of hydrogen-bond donors (Lipinski definition) is 2. The van der Waals surface area contributed by atoms with Crippen LogP contribution in [0.1, 0.15) is 31.9 Å². The third kappa shape index (κ3) is 2.73. The van der Waals surface area contributed by atoms with Gasteiger partial charge in [0.05, 0.1) is 5.57 Å². The lowest BCUT2D eigenvalue weighted by molar-refractivity contribution is -0.114. The summed E-state index contributed by atoms with van der Waals surface area (Å²) in [6.45, 7) is 6.49. The Balaban J connectivity index is 2.43. The summed E-state index contributed by atoms with van der Waals surface area (Å²) in [6, 6.07) is 8.18. The van der Waals surface area contributed by atoms with Gasteiger partial charge in [0.1, 0.15) is 5.04 Å². The van der Waals surface area contributed by atoms with Crippen molar-refractivity contribution in [1.29, 1.82) is 5.41 Å². The molecule has 4 heteroatoms. The van der Waals surface area contributed by atoms with E-state index >= 15 is 0 Å². The van der Waals surface area contributed by atoms with E-state index in [9.17, 15) is 4.79 Å². The lowest BCUT2D eigenvalue weighted by Gasteiger charge is -2.19. The van der Waals surface area contributed by atoms with Crippen LogP contribution in [0.15, 0.2) is 29.8 Å². The Morgan fingerprint density at radius 2 is 1.84 bits per heavy atom. The van der Waals surface area contributed by atoms with E-state index in [4.69, 9.17) is 11.1 Å². The quantitative estimate of drug-likeness (QED) is 0.870. The first kappa shape index (κ1) is 13.9. The third-order valence-electron chi connectivity index (χ3n) is 3.24. The number of primary amides is 1. The molecule has 1 aromatic rings. The molecule has 0 fully saturated rings. The topological polar surface area (TPSA) is 66.9 Å². The van der Waals surface area contributed by atoms with Crippen molar-refractivity contribution in [2.75, 3.05) is 5.75 Å². The van der Waals surface area contributed by atoms with Crippen molar-refractivity contribution in [3.05, 3.63) is 41.0 Å². The van der Waals surface area contributed by atoms with E-state index in [0.717, 1.165) is 11.1 Å². The zero-order valence-corrected chi connectivity index (χ0v) is 12.2. The van der Waals surface area contributed by atoms with Gasteiger partial charge in [-0.2, -0.15) is 0 Å². The van der Waals surface area contributed by atoms with Gasteiger partial charge in [-0.1, -0.05) is 45.0 Å². The van der Waals surface area contributed by atoms with E-state index < -0.39 is 5.91 Å². The molecule has 0 aliphatic carbocycles. The van der Waals surface area contributed by atoms with Crippen LogP contribution in [0.5, 0.6) is 0 Å². The van der Waals surface area contributed by atoms with Crippen molar-refractivity contribution in [3.8, 4) is 0 Å². The van der Waals surface area contributed by atoms with Crippen LogP contribution in [0.3, 0.4) is 0 Å². The molecule has 0 atom stereocenters. The van der Waals surface area contributed by atoms with Gasteiger partial charge >= 0.3 is 0 Å². The summed E-state index contributed by atoms with van der Waals surface area (Å²) >= 11 is 1.35. The predicted molar refractivity (Wildman–Crippen MR) is 81.4 cm³/mol. The van der Waals surface area contributed by atoms with Crippen molar-refractivity contribution in [2.24, 2.45) is 5.73 Å². The van der Waals surface area contributed by atoms with Gasteiger partial charge in [0.2, 0.25) is 0 Å². The minimum atomic E-state index is -0.509. The fraction of sp³-hybridized carbons (Fsp3) is 0.333. The molecular weight excluding hydrogens is 256 g/mol. The first-order valence-corrected chi connectivity index (χ1v) is 7.15. The van der Waals surface area contributed by atoms with Crippen LogP contribution in [-0.2, 0) is 10.2 Å². The van der Waals surface area contributed by atoms with Crippen molar-refractivity contribution >= 4 is 28.3 Å². The standard InChI is InChI=1S/C15H18N2OS/c1-15(2,3)10-6-4-9(5-7-10)11-8-19-14(17)12(11)13(16)18/h4-7,17H,8H2,1-3H3,(H2,16,18). The molecule has 1 aliphatic rings. The SMILES string of the molecule is CC(C)(C)c1ccc(C2=C(C(N)=O)C(=N)SC2)cc1. The summed E-state index contributed by atoms with van der Waals surface area (Å²) in [6.07, 6.45) is 0. The highest BCUT2D eigenvalue weighted by molar-refractivity contribution is 8.15. The van der Waals surface area contributed by atoms with Gasteiger partial charge in [-0.3, -0.25) is 10.2 Å². The van der Waals surface area contributed by atoms with Crippen LogP contribution in [0.25, 0.3) is 5.57 Å². The van der Waals surface area contributed by atoms with Crippen LogP contribution in [0.4, 0.5) is 0 Å². The molecule has 0 spiro atoms. The van der Waals surface area contributed by atoms with E-state index in [2.05, 4.69) is 32.9 Å². The maximum atomic E-state index is 11.4. The second-order valence-corrected chi connectivity index (χ2v) is 6.65. The molecule has 3 nitrogen and oxygen atoms in total. The van der Waals surface area contributed by atoms with Crippen LogP contribution in [-0.4, -0.2) is 16.7 Å². The van der Waals surface area contributed by atoms with E-state index in [0.29, 0.717) is 11.3 Å². The van der Waals surface area contributed by atoms with Gasteiger partial charge in [-0.15, -0.1) is 11.8 Å². The number of carbonyl (C=O) groups excluding carboxylic acids is 1. The highest BCUT2D eigenvalue weighted by Crippen LogP contribution is 2.34. The first-order chi connectivity index (χ1) is 8.80. The maximum Gasteiger partial charge on any atom is 0.251 e. The zero-order chi connectivity index (χ0) is 14.2. The Morgan fingerprint density at radius 1 is 1.26 bits per heavy atom. The molecule has 0 radical (unpaired) electrons. The van der Waals surface area contributed by atoms with Gasteiger partial charge < -0.3 is 5.73 Å². The molecule has 1 heterocycles. The predicted octanol–water partition coefficient (Wildman–Crippen LogP) is 2.95. The van der Waals surface area contributed by atoms with Crippen molar-refractivity contribution in [2.45, 2.75) is 26.2 Å². The van der Waals surface area contributed by atoms with Crippen molar-refractivity contribution in [1.82, 2.24) is 0 Å². The molecule has 1 amide bonds. The van der Waals surface area contributed by atoms with Crippen molar-refractivity contribution in [3.63, 3.8) is 0 Å². The molecule has 0 unspecified atom stereocenters. The Hall–Kier alpha value is -1.55. The summed E-state index contributed by atoms with van der Waals surface area (Å²) in [5.74, 6) is 0.135. The molecular formula is C15H18N2OS. The van der Waals surface area contributed by atoms with E-state index in [1.807, 2.05) is 12.1 Å². The molecule has 0 saturated heterocycles. The Labute approximate surface area is 117 Å². The number of hydrogen-bond acceptors (Lipinski definition) is 3. The highest BCUT2D eigenvalue weighted by atomic mass is 32.2. The number of benzene rings is 1. The number of nitrogens with two attached hydrogens (primary N) is 1. The van der Waals surface area contributed by atoms with E-state index in [1.165, 1.54) is 17.3 Å². The van der Waals surface area contributed by atoms with Crippen LogP contribution >= 0.6 is 11.8 Å². The lowest BCUT2D eigenvalue weighted by Crippen LogP contribution is -2.17. The lowest BCUT2D eigenvalue weighted by atomic mass is 9.86. The summed E-state index contributed by atoms with van der Waals surface area (Å²) in [5.41, 5.74) is 8.95. The number of thioether (sulfide) groups is 1. The molecule has 3 N–H and O–H groups in total. The summed E-state index contributed by atoms with van der Waals surface area (Å²) in [5, 5.41) is 8.04. The third-order valence-corrected chi connectivity index (χ3v) is 4.16. The Kier molecular flexibility index (Phi) is 3.54. The van der Waals surface area contributed by atoms with Gasteiger partial charge in [0.25, 0.3) is 5.91 Å². The number of amides is 1. The second-order valence-electron chi connectivity index (χ2n) is 5.66. The number of carbonyl (C=O) groups is 1. The molecule has 0 aromatic heterocycles. The normalized spacial score (nSPS) is 16.1. The smallest absolute Gasteiger partial charge is 0.251 e. The molecule has 1 aromatic carbocycles. The highest BCUT2D eigenvalue weighted by Gasteiger charge is 2.26. The number of nitrogens with one attached hydrogen (secondary N) is 1. The molecule has 0 saturated carbocycles. The van der Waals surface area contributed by atoms with Crippen LogP contribution in [0.2, 0.25) is 0 Å². The monoisotopic (exact) mass is 274 g/mol. The zero-order valence-electron chi connectivity index (χ0n) is 11.4. The average Bonchev–Trinajstić information content (AvgIpc) is 2.70. The van der Waals surface area contributed by atoms with Gasteiger partial charge in [0, 0.05) is 5.75 Å². The minimum Gasteiger partial charge on any atom is -0.366 e.